The summed E-state index contributed by atoms with van der Waals surface area (Å²) in [7, 11) is 0. The molecule has 0 fully saturated rings. The molecule has 0 aliphatic rings. The molecular weight excluding hydrogens is 371 g/mol. The predicted octanol–water partition coefficient (Wildman–Crippen LogP) is 4.26. The van der Waals surface area contributed by atoms with Crippen LogP contribution in [0.3, 0.4) is 0 Å². The molecule has 1 atom stereocenters. The van der Waals surface area contributed by atoms with Crippen LogP contribution < -0.4 is 5.32 Å². The minimum atomic E-state index is -4.97. The van der Waals surface area contributed by atoms with Crippen molar-refractivity contribution in [2.45, 2.75) is 19.0 Å². The number of non-ortho nitro benzene ring substituents is 1. The van der Waals surface area contributed by atoms with Crippen LogP contribution in [0.4, 0.5) is 30.2 Å². The Hall–Kier alpha value is -3.50. The fraction of sp³-hybridized carbons (Fsp3) is 0.188. The molecule has 0 spiro atoms. The van der Waals surface area contributed by atoms with Gasteiger partial charge in [0.1, 0.15) is 5.56 Å². The van der Waals surface area contributed by atoms with E-state index in [9.17, 15) is 38.2 Å². The van der Waals surface area contributed by atoms with E-state index >= 15 is 0 Å². The SMILES string of the molecule is CC(C(=O)Nc1ccc([N+](=O)[O-])c(C(F)(F)F)c1)c1ccc([N+](=O)[O-])cc1. The Balaban J connectivity index is 2.24. The van der Waals surface area contributed by atoms with E-state index in [1.165, 1.54) is 31.2 Å². The third kappa shape index (κ3) is 4.57. The van der Waals surface area contributed by atoms with E-state index in [0.717, 1.165) is 6.07 Å². The number of anilines is 1. The van der Waals surface area contributed by atoms with Gasteiger partial charge in [-0.15, -0.1) is 0 Å². The van der Waals surface area contributed by atoms with Crippen molar-refractivity contribution in [3.8, 4) is 0 Å². The fourth-order valence-corrected chi connectivity index (χ4v) is 2.29. The summed E-state index contributed by atoms with van der Waals surface area (Å²) in [6.07, 6.45) is -4.97. The van der Waals surface area contributed by atoms with Gasteiger partial charge in [-0.3, -0.25) is 25.0 Å². The van der Waals surface area contributed by atoms with E-state index in [0.29, 0.717) is 17.7 Å². The van der Waals surface area contributed by atoms with Crippen LogP contribution in [0, 0.1) is 20.2 Å². The quantitative estimate of drug-likeness (QED) is 0.612. The number of amides is 1. The second-order valence-corrected chi connectivity index (χ2v) is 5.55. The topological polar surface area (TPSA) is 115 Å². The molecule has 0 aromatic heterocycles. The minimum Gasteiger partial charge on any atom is -0.326 e. The van der Waals surface area contributed by atoms with E-state index in [2.05, 4.69) is 5.32 Å². The Morgan fingerprint density at radius 1 is 1.04 bits per heavy atom. The van der Waals surface area contributed by atoms with E-state index in [1.807, 2.05) is 0 Å². The number of nitrogens with one attached hydrogen (secondary N) is 1. The lowest BCUT2D eigenvalue weighted by molar-refractivity contribution is -0.388. The normalized spacial score (nSPS) is 12.3. The minimum absolute atomic E-state index is 0.170. The summed E-state index contributed by atoms with van der Waals surface area (Å²) in [5.74, 6) is -1.50. The molecule has 1 N–H and O–H groups in total. The van der Waals surface area contributed by atoms with Gasteiger partial charge in [0.25, 0.3) is 11.4 Å². The number of hydrogen-bond donors (Lipinski definition) is 1. The fourth-order valence-electron chi connectivity index (χ4n) is 2.29. The molecular formula is C16H12F3N3O5. The smallest absolute Gasteiger partial charge is 0.326 e. The maximum Gasteiger partial charge on any atom is 0.423 e. The number of carbonyl (C=O) groups excluding carboxylic acids is 1. The monoisotopic (exact) mass is 383 g/mol. The average molecular weight is 383 g/mol. The van der Waals surface area contributed by atoms with Crippen LogP contribution in [-0.4, -0.2) is 15.8 Å². The standard InChI is InChI=1S/C16H12F3N3O5/c1-9(10-2-5-12(6-3-10)21(24)25)15(23)20-11-4-7-14(22(26)27)13(8-11)16(17,18)19/h2-9H,1H3,(H,20,23). The highest BCUT2D eigenvalue weighted by Crippen LogP contribution is 2.37. The maximum atomic E-state index is 13.0. The summed E-state index contributed by atoms with van der Waals surface area (Å²) in [6.45, 7) is 1.46. The first-order valence-corrected chi connectivity index (χ1v) is 7.41. The summed E-state index contributed by atoms with van der Waals surface area (Å²) >= 11 is 0. The summed E-state index contributed by atoms with van der Waals surface area (Å²) in [5.41, 5.74) is -2.61. The predicted molar refractivity (Wildman–Crippen MR) is 88.2 cm³/mol. The molecule has 0 heterocycles. The van der Waals surface area contributed by atoms with E-state index in [1.54, 1.807) is 0 Å². The van der Waals surface area contributed by atoms with Crippen LogP contribution in [-0.2, 0) is 11.0 Å². The van der Waals surface area contributed by atoms with Gasteiger partial charge in [0.2, 0.25) is 5.91 Å². The number of alkyl halides is 3. The van der Waals surface area contributed by atoms with Crippen molar-refractivity contribution < 1.29 is 27.8 Å². The molecule has 142 valence electrons. The van der Waals surface area contributed by atoms with Crippen LogP contribution in [0.1, 0.15) is 24.0 Å². The Labute approximate surface area is 149 Å². The van der Waals surface area contributed by atoms with E-state index in [-0.39, 0.29) is 11.4 Å². The van der Waals surface area contributed by atoms with E-state index < -0.39 is 39.1 Å². The average Bonchev–Trinajstić information content (AvgIpc) is 2.60. The van der Waals surface area contributed by atoms with Crippen LogP contribution in [0.2, 0.25) is 0 Å². The number of nitro groups is 2. The Kier molecular flexibility index (Phi) is 5.43. The first-order valence-electron chi connectivity index (χ1n) is 7.41. The number of nitro benzene ring substituents is 2. The molecule has 2 aromatic rings. The molecule has 0 saturated heterocycles. The van der Waals surface area contributed by atoms with Crippen molar-refractivity contribution in [1.82, 2.24) is 0 Å². The lowest BCUT2D eigenvalue weighted by Gasteiger charge is -2.14. The van der Waals surface area contributed by atoms with Crippen molar-refractivity contribution >= 4 is 23.0 Å². The third-order valence-electron chi connectivity index (χ3n) is 3.76. The summed E-state index contributed by atoms with van der Waals surface area (Å²) in [4.78, 5) is 31.9. The zero-order valence-electron chi connectivity index (χ0n) is 13.7. The van der Waals surface area contributed by atoms with Gasteiger partial charge in [-0.1, -0.05) is 12.1 Å². The summed E-state index contributed by atoms with van der Waals surface area (Å²) < 4.78 is 38.9. The van der Waals surface area contributed by atoms with Gasteiger partial charge in [-0.2, -0.15) is 13.2 Å². The van der Waals surface area contributed by atoms with Crippen LogP contribution in [0.15, 0.2) is 42.5 Å². The molecule has 0 saturated carbocycles. The van der Waals surface area contributed by atoms with E-state index in [4.69, 9.17) is 0 Å². The maximum absolute atomic E-state index is 13.0. The molecule has 27 heavy (non-hydrogen) atoms. The molecule has 2 rings (SSSR count). The molecule has 0 radical (unpaired) electrons. The van der Waals surface area contributed by atoms with Crippen molar-refractivity contribution in [3.63, 3.8) is 0 Å². The van der Waals surface area contributed by atoms with Gasteiger partial charge in [-0.05, 0) is 24.6 Å². The highest BCUT2D eigenvalue weighted by atomic mass is 19.4. The number of hydrogen-bond acceptors (Lipinski definition) is 5. The van der Waals surface area contributed by atoms with Gasteiger partial charge >= 0.3 is 6.18 Å². The van der Waals surface area contributed by atoms with Crippen molar-refractivity contribution in [3.05, 3.63) is 73.8 Å². The number of halogens is 3. The van der Waals surface area contributed by atoms with Crippen molar-refractivity contribution in [2.24, 2.45) is 0 Å². The van der Waals surface area contributed by atoms with Crippen LogP contribution >= 0.6 is 0 Å². The van der Waals surface area contributed by atoms with Gasteiger partial charge < -0.3 is 5.32 Å². The second-order valence-electron chi connectivity index (χ2n) is 5.55. The number of rotatable bonds is 5. The molecule has 2 aromatic carbocycles. The van der Waals surface area contributed by atoms with Gasteiger partial charge in [0.05, 0.1) is 15.8 Å². The summed E-state index contributed by atoms with van der Waals surface area (Å²) in [6, 6.07) is 7.26. The number of nitrogens with zero attached hydrogens (tertiary/aromatic N) is 2. The first kappa shape index (κ1) is 19.8. The highest BCUT2D eigenvalue weighted by Gasteiger charge is 2.38. The Morgan fingerprint density at radius 3 is 2.11 bits per heavy atom. The van der Waals surface area contributed by atoms with Crippen molar-refractivity contribution in [2.75, 3.05) is 5.32 Å². The molecule has 0 aliphatic heterocycles. The zero-order valence-corrected chi connectivity index (χ0v) is 13.7. The summed E-state index contributed by atoms with van der Waals surface area (Å²) in [5, 5.41) is 23.6. The number of benzene rings is 2. The second kappa shape index (κ2) is 7.40. The zero-order chi connectivity index (χ0) is 20.4. The third-order valence-corrected chi connectivity index (χ3v) is 3.76. The highest BCUT2D eigenvalue weighted by molar-refractivity contribution is 5.95. The van der Waals surface area contributed by atoms with Gasteiger partial charge in [0.15, 0.2) is 0 Å². The molecule has 11 heteroatoms. The Bertz CT molecular complexity index is 897. The molecule has 8 nitrogen and oxygen atoms in total. The lowest BCUT2D eigenvalue weighted by atomic mass is 10.00. The Morgan fingerprint density at radius 2 is 1.63 bits per heavy atom. The first-order chi connectivity index (χ1) is 12.5. The van der Waals surface area contributed by atoms with Crippen LogP contribution in [0.25, 0.3) is 0 Å². The van der Waals surface area contributed by atoms with Crippen molar-refractivity contribution in [1.29, 1.82) is 0 Å². The lowest BCUT2D eigenvalue weighted by Crippen LogP contribution is -2.19. The largest absolute Gasteiger partial charge is 0.423 e. The van der Waals surface area contributed by atoms with Gasteiger partial charge in [-0.25, -0.2) is 0 Å². The van der Waals surface area contributed by atoms with Crippen LogP contribution in [0.5, 0.6) is 0 Å². The molecule has 0 aliphatic carbocycles. The molecule has 1 amide bonds. The van der Waals surface area contributed by atoms with Gasteiger partial charge in [0, 0.05) is 23.9 Å². The molecule has 1 unspecified atom stereocenters. The molecule has 0 bridgehead atoms. The number of carbonyl (C=O) groups is 1.